The summed E-state index contributed by atoms with van der Waals surface area (Å²) in [5.41, 5.74) is 4.74. The van der Waals surface area contributed by atoms with Crippen LogP contribution in [0.4, 0.5) is 0 Å². The number of likely N-dealkylation sites (N-methyl/N-ethyl adjacent to an activating group) is 1. The van der Waals surface area contributed by atoms with Gasteiger partial charge in [0.1, 0.15) is 6.54 Å². The topological polar surface area (TPSA) is 64.7 Å². The summed E-state index contributed by atoms with van der Waals surface area (Å²) in [7, 11) is 0. The fourth-order valence-corrected chi connectivity index (χ4v) is 2.71. The van der Waals surface area contributed by atoms with Crippen LogP contribution in [0.5, 0.6) is 0 Å². The normalized spacial score (nSPS) is 14.3. The van der Waals surface area contributed by atoms with Gasteiger partial charge in [0.2, 0.25) is 11.8 Å². The maximum absolute atomic E-state index is 12.1. The molecule has 25 heavy (non-hydrogen) atoms. The predicted octanol–water partition coefficient (Wildman–Crippen LogP) is 1.88. The molecule has 1 aliphatic rings. The summed E-state index contributed by atoms with van der Waals surface area (Å²) in [5.74, 6) is -0.304. The van der Waals surface area contributed by atoms with E-state index in [1.54, 1.807) is 12.1 Å². The van der Waals surface area contributed by atoms with Gasteiger partial charge < -0.3 is 10.2 Å². The van der Waals surface area contributed by atoms with Gasteiger partial charge in [-0.1, -0.05) is 37.6 Å². The second-order valence-electron chi connectivity index (χ2n) is 5.80. The average molecular weight is 365 g/mol. The Hall–Kier alpha value is -2.05. The molecule has 0 saturated carbocycles. The number of rotatable bonds is 8. The first-order valence-corrected chi connectivity index (χ1v) is 8.93. The highest BCUT2D eigenvalue weighted by Crippen LogP contribution is 2.19. The zero-order valence-corrected chi connectivity index (χ0v) is 15.5. The minimum absolute atomic E-state index is 0.0119. The molecule has 0 aliphatic carbocycles. The van der Waals surface area contributed by atoms with Crippen molar-refractivity contribution in [3.05, 3.63) is 40.9 Å². The van der Waals surface area contributed by atoms with Crippen molar-refractivity contribution in [1.82, 2.24) is 20.7 Å². The van der Waals surface area contributed by atoms with E-state index in [1.807, 2.05) is 18.2 Å². The third kappa shape index (κ3) is 5.76. The van der Waals surface area contributed by atoms with Gasteiger partial charge in [0.05, 0.1) is 5.70 Å². The van der Waals surface area contributed by atoms with Gasteiger partial charge in [0, 0.05) is 24.5 Å². The van der Waals surface area contributed by atoms with Gasteiger partial charge in [-0.2, -0.15) is 0 Å². The molecule has 0 spiro atoms. The number of hydrogen-bond acceptors (Lipinski definition) is 4. The van der Waals surface area contributed by atoms with Gasteiger partial charge in [-0.15, -0.1) is 0 Å². The van der Waals surface area contributed by atoms with Gasteiger partial charge in [0.25, 0.3) is 0 Å². The summed E-state index contributed by atoms with van der Waals surface area (Å²) in [6, 6.07) is 7.33. The smallest absolute Gasteiger partial charge is 0.245 e. The first-order valence-electron chi connectivity index (χ1n) is 8.55. The minimum atomic E-state index is -0.176. The van der Waals surface area contributed by atoms with Gasteiger partial charge >= 0.3 is 0 Å². The fraction of sp³-hybridized carbons (Fsp3) is 0.444. The van der Waals surface area contributed by atoms with Crippen molar-refractivity contribution in [2.45, 2.75) is 20.3 Å². The number of amides is 2. The van der Waals surface area contributed by atoms with Crippen LogP contribution in [0.2, 0.25) is 5.02 Å². The van der Waals surface area contributed by atoms with E-state index in [1.165, 1.54) is 5.01 Å². The van der Waals surface area contributed by atoms with Gasteiger partial charge in [-0.25, -0.2) is 5.01 Å². The number of hydrogen-bond donors (Lipinski definition) is 2. The molecule has 2 N–H and O–H groups in total. The highest BCUT2D eigenvalue weighted by molar-refractivity contribution is 6.30. The summed E-state index contributed by atoms with van der Waals surface area (Å²) in [6.45, 7) is 7.45. The monoisotopic (exact) mass is 364 g/mol. The van der Waals surface area contributed by atoms with Crippen LogP contribution >= 0.6 is 11.6 Å². The Morgan fingerprint density at radius 3 is 2.60 bits per heavy atom. The molecule has 1 aromatic rings. The molecule has 7 heteroatoms. The molecular weight excluding hydrogens is 340 g/mol. The highest BCUT2D eigenvalue weighted by Gasteiger charge is 2.22. The Kier molecular flexibility index (Phi) is 7.28. The summed E-state index contributed by atoms with van der Waals surface area (Å²) in [4.78, 5) is 26.4. The van der Waals surface area contributed by atoms with E-state index in [-0.39, 0.29) is 24.8 Å². The molecule has 6 nitrogen and oxygen atoms in total. The van der Waals surface area contributed by atoms with Crippen molar-refractivity contribution >= 4 is 29.1 Å². The SMILES string of the molecule is CCN(CC)CCNC(=O)CN1NC(c2ccc(Cl)cc2)=CCC1=O. The molecule has 1 heterocycles. The van der Waals surface area contributed by atoms with Crippen LogP contribution in [0.15, 0.2) is 30.3 Å². The largest absolute Gasteiger partial charge is 0.353 e. The van der Waals surface area contributed by atoms with Crippen molar-refractivity contribution in [1.29, 1.82) is 0 Å². The first kappa shape index (κ1) is 19.3. The molecular formula is C18H25ClN4O2. The van der Waals surface area contributed by atoms with E-state index < -0.39 is 0 Å². The number of hydrazine groups is 1. The quantitative estimate of drug-likeness (QED) is 0.739. The Morgan fingerprint density at radius 1 is 1.28 bits per heavy atom. The number of halogens is 1. The Morgan fingerprint density at radius 2 is 1.96 bits per heavy atom. The lowest BCUT2D eigenvalue weighted by molar-refractivity contribution is -0.137. The lowest BCUT2D eigenvalue weighted by Crippen LogP contribution is -2.50. The minimum Gasteiger partial charge on any atom is -0.353 e. The van der Waals surface area contributed by atoms with Gasteiger partial charge in [-0.05, 0) is 36.9 Å². The van der Waals surface area contributed by atoms with E-state index >= 15 is 0 Å². The summed E-state index contributed by atoms with van der Waals surface area (Å²) in [6.07, 6.45) is 2.08. The number of benzene rings is 1. The Bertz CT molecular complexity index is 626. The van der Waals surface area contributed by atoms with Crippen LogP contribution in [0, 0.1) is 0 Å². The molecule has 136 valence electrons. The Balaban J connectivity index is 1.87. The van der Waals surface area contributed by atoms with Crippen LogP contribution < -0.4 is 10.7 Å². The lowest BCUT2D eigenvalue weighted by Gasteiger charge is -2.29. The lowest BCUT2D eigenvalue weighted by atomic mass is 10.1. The maximum atomic E-state index is 12.1. The molecule has 1 aromatic carbocycles. The molecule has 0 atom stereocenters. The first-order chi connectivity index (χ1) is 12.0. The Labute approximate surface area is 153 Å². The van der Waals surface area contributed by atoms with Gasteiger partial charge in [-0.3, -0.25) is 15.0 Å². The standard InChI is InChI=1S/C18H25ClN4O2/c1-3-22(4-2)12-11-20-17(24)13-23-18(25)10-9-16(21-23)14-5-7-15(19)8-6-14/h5-9,21H,3-4,10-13H2,1-2H3,(H,20,24). The van der Waals surface area contributed by atoms with Crippen LogP contribution in [0.25, 0.3) is 5.70 Å². The van der Waals surface area contributed by atoms with Crippen molar-refractivity contribution in [3.63, 3.8) is 0 Å². The number of carbonyl (C=O) groups is 2. The zero-order chi connectivity index (χ0) is 18.2. The van der Waals surface area contributed by atoms with E-state index in [0.29, 0.717) is 11.6 Å². The number of carbonyl (C=O) groups excluding carboxylic acids is 2. The van der Waals surface area contributed by atoms with Gasteiger partial charge in [0.15, 0.2) is 0 Å². The molecule has 0 radical (unpaired) electrons. The van der Waals surface area contributed by atoms with E-state index in [2.05, 4.69) is 29.5 Å². The van der Waals surface area contributed by atoms with E-state index in [9.17, 15) is 9.59 Å². The summed E-state index contributed by atoms with van der Waals surface area (Å²) < 4.78 is 0. The van der Waals surface area contributed by atoms with Crippen LogP contribution in [-0.2, 0) is 9.59 Å². The predicted molar refractivity (Wildman–Crippen MR) is 99.7 cm³/mol. The van der Waals surface area contributed by atoms with E-state index in [0.717, 1.165) is 30.9 Å². The van der Waals surface area contributed by atoms with Crippen molar-refractivity contribution in [2.75, 3.05) is 32.7 Å². The molecule has 0 saturated heterocycles. The summed E-state index contributed by atoms with van der Waals surface area (Å²) >= 11 is 5.90. The van der Waals surface area contributed by atoms with Crippen molar-refractivity contribution in [2.24, 2.45) is 0 Å². The molecule has 0 fully saturated rings. The second kappa shape index (κ2) is 9.44. The molecule has 0 aromatic heterocycles. The fourth-order valence-electron chi connectivity index (χ4n) is 2.59. The highest BCUT2D eigenvalue weighted by atomic mass is 35.5. The van der Waals surface area contributed by atoms with E-state index in [4.69, 9.17) is 11.6 Å². The summed E-state index contributed by atoms with van der Waals surface area (Å²) in [5, 5.41) is 4.87. The zero-order valence-electron chi connectivity index (χ0n) is 14.7. The van der Waals surface area contributed by atoms with Crippen molar-refractivity contribution < 1.29 is 9.59 Å². The molecule has 1 aliphatic heterocycles. The maximum Gasteiger partial charge on any atom is 0.245 e. The third-order valence-corrected chi connectivity index (χ3v) is 4.39. The number of nitrogens with zero attached hydrogens (tertiary/aromatic N) is 2. The van der Waals surface area contributed by atoms with Crippen LogP contribution in [-0.4, -0.2) is 54.4 Å². The third-order valence-electron chi connectivity index (χ3n) is 4.14. The van der Waals surface area contributed by atoms with Crippen LogP contribution in [0.3, 0.4) is 0 Å². The van der Waals surface area contributed by atoms with Crippen molar-refractivity contribution in [3.8, 4) is 0 Å². The molecule has 2 rings (SSSR count). The molecule has 2 amide bonds. The second-order valence-corrected chi connectivity index (χ2v) is 6.23. The average Bonchev–Trinajstić information content (AvgIpc) is 2.61. The molecule has 0 bridgehead atoms. The number of nitrogens with one attached hydrogen (secondary N) is 2. The van der Waals surface area contributed by atoms with Crippen LogP contribution in [0.1, 0.15) is 25.8 Å². The molecule has 0 unspecified atom stereocenters.